The molecular formula is C23H21ClN2O4S. The van der Waals surface area contributed by atoms with E-state index < -0.39 is 0 Å². The molecule has 1 amide bonds. The Balaban J connectivity index is 1.46. The lowest BCUT2D eigenvalue weighted by atomic mass is 10.1. The molecule has 1 heterocycles. The Labute approximate surface area is 189 Å². The highest BCUT2D eigenvalue weighted by atomic mass is 35.5. The monoisotopic (exact) mass is 456 g/mol. The standard InChI is InChI=1S/C23H21ClN2O4S/c1-2-29-23(28)17-5-3-16(4-6-17)21-12-9-19(30-21)15-25-26-22(27)13-14-31-20-10-7-18(24)8-11-20/h3-12,15H,2,13-14H2,1H3,(H,26,27)/b25-15-. The molecule has 6 nitrogen and oxygen atoms in total. The average molecular weight is 457 g/mol. The molecular weight excluding hydrogens is 436 g/mol. The van der Waals surface area contributed by atoms with Gasteiger partial charge in [-0.1, -0.05) is 23.7 Å². The van der Waals surface area contributed by atoms with Crippen molar-refractivity contribution in [1.29, 1.82) is 0 Å². The molecule has 1 N–H and O–H groups in total. The molecule has 8 heteroatoms. The molecule has 0 atom stereocenters. The summed E-state index contributed by atoms with van der Waals surface area (Å²) in [7, 11) is 0. The predicted octanol–water partition coefficient (Wildman–Crippen LogP) is 5.41. The van der Waals surface area contributed by atoms with Crippen LogP contribution in [0, 0.1) is 0 Å². The maximum Gasteiger partial charge on any atom is 0.338 e. The number of hydrogen-bond donors (Lipinski definition) is 1. The lowest BCUT2D eigenvalue weighted by molar-refractivity contribution is -0.120. The summed E-state index contributed by atoms with van der Waals surface area (Å²) in [5.74, 6) is 1.22. The maximum atomic E-state index is 11.9. The average Bonchev–Trinajstić information content (AvgIpc) is 3.24. The number of benzene rings is 2. The smallest absolute Gasteiger partial charge is 0.338 e. The topological polar surface area (TPSA) is 80.9 Å². The zero-order valence-corrected chi connectivity index (χ0v) is 18.4. The van der Waals surface area contributed by atoms with Gasteiger partial charge in [0.05, 0.1) is 18.4 Å². The number of furan rings is 1. The van der Waals surface area contributed by atoms with E-state index in [9.17, 15) is 9.59 Å². The van der Waals surface area contributed by atoms with Crippen LogP contribution >= 0.6 is 23.4 Å². The van der Waals surface area contributed by atoms with Gasteiger partial charge in [0.25, 0.3) is 0 Å². The molecule has 0 saturated carbocycles. The summed E-state index contributed by atoms with van der Waals surface area (Å²) >= 11 is 7.43. The van der Waals surface area contributed by atoms with Crippen LogP contribution in [0.25, 0.3) is 11.3 Å². The van der Waals surface area contributed by atoms with Crippen LogP contribution in [0.2, 0.25) is 5.02 Å². The van der Waals surface area contributed by atoms with E-state index in [0.29, 0.717) is 40.9 Å². The van der Waals surface area contributed by atoms with Gasteiger partial charge in [0.15, 0.2) is 0 Å². The number of esters is 1. The third kappa shape index (κ3) is 7.01. The molecule has 160 valence electrons. The van der Waals surface area contributed by atoms with Gasteiger partial charge in [0, 0.05) is 27.7 Å². The molecule has 3 rings (SSSR count). The van der Waals surface area contributed by atoms with Crippen LogP contribution in [0.15, 0.2) is 75.1 Å². The Bertz CT molecular complexity index is 1050. The second-order valence-electron chi connectivity index (χ2n) is 6.35. The van der Waals surface area contributed by atoms with Crippen molar-refractivity contribution in [1.82, 2.24) is 5.43 Å². The van der Waals surface area contributed by atoms with Gasteiger partial charge in [-0.3, -0.25) is 4.79 Å². The van der Waals surface area contributed by atoms with Crippen molar-refractivity contribution >= 4 is 41.5 Å². The molecule has 0 radical (unpaired) electrons. The normalized spacial score (nSPS) is 10.9. The summed E-state index contributed by atoms with van der Waals surface area (Å²) < 4.78 is 10.7. The molecule has 3 aromatic rings. The molecule has 0 fully saturated rings. The number of amides is 1. The summed E-state index contributed by atoms with van der Waals surface area (Å²) in [6.07, 6.45) is 1.78. The van der Waals surface area contributed by atoms with Gasteiger partial charge in [-0.2, -0.15) is 5.10 Å². The first kappa shape index (κ1) is 22.7. The molecule has 2 aromatic carbocycles. The minimum atomic E-state index is -0.358. The van der Waals surface area contributed by atoms with Crippen LogP contribution in [0.3, 0.4) is 0 Å². The summed E-state index contributed by atoms with van der Waals surface area (Å²) in [4.78, 5) is 24.7. The Morgan fingerprint density at radius 1 is 1.10 bits per heavy atom. The molecule has 0 bridgehead atoms. The Morgan fingerprint density at radius 2 is 1.84 bits per heavy atom. The first-order valence-electron chi connectivity index (χ1n) is 9.63. The molecule has 0 aliphatic rings. The van der Waals surface area contributed by atoms with E-state index in [1.165, 1.54) is 6.21 Å². The number of halogens is 1. The minimum absolute atomic E-state index is 0.181. The zero-order valence-electron chi connectivity index (χ0n) is 16.8. The van der Waals surface area contributed by atoms with E-state index in [-0.39, 0.29) is 11.9 Å². The first-order chi connectivity index (χ1) is 15.0. The van der Waals surface area contributed by atoms with Crippen molar-refractivity contribution in [3.8, 4) is 11.3 Å². The van der Waals surface area contributed by atoms with Crippen molar-refractivity contribution in [2.24, 2.45) is 5.10 Å². The maximum absolute atomic E-state index is 11.9. The van der Waals surface area contributed by atoms with Gasteiger partial charge in [0.2, 0.25) is 5.91 Å². The number of carbonyl (C=O) groups is 2. The predicted molar refractivity (Wildman–Crippen MR) is 123 cm³/mol. The number of carbonyl (C=O) groups excluding carboxylic acids is 2. The first-order valence-corrected chi connectivity index (χ1v) is 11.0. The van der Waals surface area contributed by atoms with Gasteiger partial charge in [-0.15, -0.1) is 11.8 Å². The van der Waals surface area contributed by atoms with Crippen LogP contribution in [-0.4, -0.2) is 30.5 Å². The van der Waals surface area contributed by atoms with Crippen LogP contribution in [-0.2, 0) is 9.53 Å². The molecule has 0 unspecified atom stereocenters. The summed E-state index contributed by atoms with van der Waals surface area (Å²) in [6, 6.07) is 18.0. The number of thioether (sulfide) groups is 1. The number of hydrogen-bond acceptors (Lipinski definition) is 6. The van der Waals surface area contributed by atoms with Crippen molar-refractivity contribution in [3.05, 3.63) is 77.0 Å². The fraction of sp³-hybridized carbons (Fsp3) is 0.174. The van der Waals surface area contributed by atoms with E-state index in [1.54, 1.807) is 55.1 Å². The highest BCUT2D eigenvalue weighted by Gasteiger charge is 2.08. The van der Waals surface area contributed by atoms with Gasteiger partial charge in [-0.05, 0) is 55.5 Å². The molecule has 0 saturated heterocycles. The Kier molecular flexibility index (Phi) is 8.32. The van der Waals surface area contributed by atoms with Crippen molar-refractivity contribution in [2.75, 3.05) is 12.4 Å². The van der Waals surface area contributed by atoms with Gasteiger partial charge < -0.3 is 9.15 Å². The number of hydrazone groups is 1. The summed E-state index contributed by atoms with van der Waals surface area (Å²) in [6.45, 7) is 2.10. The number of ether oxygens (including phenoxy) is 1. The number of rotatable bonds is 9. The highest BCUT2D eigenvalue weighted by molar-refractivity contribution is 7.99. The number of nitrogens with one attached hydrogen (secondary N) is 1. The van der Waals surface area contributed by atoms with Crippen molar-refractivity contribution in [2.45, 2.75) is 18.2 Å². The second-order valence-corrected chi connectivity index (χ2v) is 7.95. The van der Waals surface area contributed by atoms with Crippen LogP contribution < -0.4 is 5.43 Å². The zero-order chi connectivity index (χ0) is 22.1. The minimum Gasteiger partial charge on any atom is -0.462 e. The molecule has 31 heavy (non-hydrogen) atoms. The van der Waals surface area contributed by atoms with E-state index in [4.69, 9.17) is 20.8 Å². The summed E-state index contributed by atoms with van der Waals surface area (Å²) in [5, 5.41) is 4.62. The van der Waals surface area contributed by atoms with E-state index in [0.717, 1.165) is 10.5 Å². The highest BCUT2D eigenvalue weighted by Crippen LogP contribution is 2.23. The number of nitrogens with zero attached hydrogens (tertiary/aromatic N) is 1. The van der Waals surface area contributed by atoms with Crippen LogP contribution in [0.1, 0.15) is 29.5 Å². The van der Waals surface area contributed by atoms with Crippen molar-refractivity contribution in [3.63, 3.8) is 0 Å². The lowest BCUT2D eigenvalue weighted by Gasteiger charge is -2.02. The third-order valence-electron chi connectivity index (χ3n) is 4.10. The fourth-order valence-corrected chi connectivity index (χ4v) is 3.56. The molecule has 0 spiro atoms. The van der Waals surface area contributed by atoms with Gasteiger partial charge >= 0.3 is 5.97 Å². The third-order valence-corrected chi connectivity index (χ3v) is 5.37. The Morgan fingerprint density at radius 3 is 2.55 bits per heavy atom. The molecule has 1 aromatic heterocycles. The van der Waals surface area contributed by atoms with Gasteiger partial charge in [-0.25, -0.2) is 10.2 Å². The quantitative estimate of drug-likeness (QED) is 0.201. The largest absolute Gasteiger partial charge is 0.462 e. The van der Waals surface area contributed by atoms with E-state index in [1.807, 2.05) is 24.3 Å². The Hall–Kier alpha value is -3.03. The van der Waals surface area contributed by atoms with Crippen LogP contribution in [0.5, 0.6) is 0 Å². The fourth-order valence-electron chi connectivity index (χ4n) is 2.58. The molecule has 0 aliphatic carbocycles. The van der Waals surface area contributed by atoms with Gasteiger partial charge in [0.1, 0.15) is 11.5 Å². The van der Waals surface area contributed by atoms with E-state index in [2.05, 4.69) is 10.5 Å². The lowest BCUT2D eigenvalue weighted by Crippen LogP contribution is -2.17. The summed E-state index contributed by atoms with van der Waals surface area (Å²) in [5.41, 5.74) is 3.79. The SMILES string of the molecule is CCOC(=O)c1ccc(-c2ccc(/C=N\NC(=O)CCSc3ccc(Cl)cc3)o2)cc1. The van der Waals surface area contributed by atoms with E-state index >= 15 is 0 Å². The molecule has 0 aliphatic heterocycles. The second kappa shape index (κ2) is 11.4. The van der Waals surface area contributed by atoms with Crippen molar-refractivity contribution < 1.29 is 18.7 Å². The van der Waals surface area contributed by atoms with Crippen LogP contribution in [0.4, 0.5) is 0 Å².